The van der Waals surface area contributed by atoms with Gasteiger partial charge in [-0.25, -0.2) is 4.90 Å². The molecule has 0 saturated carbocycles. The number of amides is 3. The normalized spacial score (nSPS) is 31.7. The summed E-state index contributed by atoms with van der Waals surface area (Å²) in [6.45, 7) is 3.18. The molecule has 3 saturated heterocycles. The summed E-state index contributed by atoms with van der Waals surface area (Å²) in [5, 5.41) is 0.465. The third-order valence-corrected chi connectivity index (χ3v) is 7.76. The Bertz CT molecular complexity index is 1150. The van der Waals surface area contributed by atoms with E-state index in [2.05, 4.69) is 4.90 Å². The van der Waals surface area contributed by atoms with Crippen molar-refractivity contribution in [3.63, 3.8) is 0 Å². The van der Waals surface area contributed by atoms with Crippen molar-refractivity contribution in [1.82, 2.24) is 4.90 Å². The topological polar surface area (TPSA) is 60.9 Å². The second kappa shape index (κ2) is 6.40. The van der Waals surface area contributed by atoms with Gasteiger partial charge in [0.1, 0.15) is 5.54 Å². The van der Waals surface area contributed by atoms with E-state index in [1.54, 1.807) is 29.2 Å². The van der Waals surface area contributed by atoms with Gasteiger partial charge in [0.2, 0.25) is 11.8 Å². The highest BCUT2D eigenvalue weighted by Crippen LogP contribution is 2.61. The van der Waals surface area contributed by atoms with Gasteiger partial charge in [-0.2, -0.15) is 0 Å². The Balaban J connectivity index is 1.58. The van der Waals surface area contributed by atoms with E-state index in [0.717, 1.165) is 24.1 Å². The van der Waals surface area contributed by atoms with Crippen molar-refractivity contribution in [3.05, 3.63) is 59.1 Å². The second-order valence-electron chi connectivity index (χ2n) is 8.73. The number of carbonyl (C=O) groups excluding carboxylic acids is 3. The summed E-state index contributed by atoms with van der Waals surface area (Å²) in [6.07, 6.45) is 1.72. The van der Waals surface area contributed by atoms with Crippen LogP contribution in [0.2, 0.25) is 5.02 Å². The van der Waals surface area contributed by atoms with E-state index in [1.165, 1.54) is 4.90 Å². The minimum atomic E-state index is -1.11. The lowest BCUT2D eigenvalue weighted by Gasteiger charge is -2.37. The zero-order valence-corrected chi connectivity index (χ0v) is 17.9. The summed E-state index contributed by atoms with van der Waals surface area (Å²) in [4.78, 5) is 46.8. The van der Waals surface area contributed by atoms with Crippen molar-refractivity contribution in [1.29, 1.82) is 0 Å². The molecular weight excluding hydrogens is 414 g/mol. The van der Waals surface area contributed by atoms with Crippen molar-refractivity contribution in [2.45, 2.75) is 31.3 Å². The molecule has 0 aromatic heterocycles. The molecule has 0 aliphatic carbocycles. The Labute approximate surface area is 185 Å². The molecular formula is C24H22ClN3O3. The molecule has 3 fully saturated rings. The summed E-state index contributed by atoms with van der Waals surface area (Å²) in [7, 11) is 0. The van der Waals surface area contributed by atoms with Crippen LogP contribution in [0.1, 0.15) is 25.3 Å². The molecule has 158 valence electrons. The summed E-state index contributed by atoms with van der Waals surface area (Å²) in [5.74, 6) is -1.85. The number of rotatable bonds is 2. The summed E-state index contributed by atoms with van der Waals surface area (Å²) in [6, 6.07) is 14.4. The van der Waals surface area contributed by atoms with Crippen molar-refractivity contribution < 1.29 is 14.4 Å². The van der Waals surface area contributed by atoms with Gasteiger partial charge >= 0.3 is 0 Å². The van der Waals surface area contributed by atoms with Crippen molar-refractivity contribution >= 4 is 40.7 Å². The molecule has 6 rings (SSSR count). The number of hydrogen-bond donors (Lipinski definition) is 0. The Morgan fingerprint density at radius 1 is 1.06 bits per heavy atom. The van der Waals surface area contributed by atoms with Gasteiger partial charge in [-0.15, -0.1) is 0 Å². The quantitative estimate of drug-likeness (QED) is 0.680. The Kier molecular flexibility index (Phi) is 3.93. The summed E-state index contributed by atoms with van der Waals surface area (Å²) in [5.41, 5.74) is 1.07. The van der Waals surface area contributed by atoms with E-state index in [0.29, 0.717) is 23.8 Å². The molecule has 2 aromatic rings. The number of para-hydroxylation sites is 1. The van der Waals surface area contributed by atoms with E-state index in [-0.39, 0.29) is 23.8 Å². The Morgan fingerprint density at radius 3 is 2.65 bits per heavy atom. The maximum Gasteiger partial charge on any atom is 0.253 e. The van der Waals surface area contributed by atoms with Crippen LogP contribution in [-0.2, 0) is 19.9 Å². The molecule has 4 aliphatic heterocycles. The molecule has 2 aromatic carbocycles. The number of fused-ring (bicyclic) bond motifs is 7. The van der Waals surface area contributed by atoms with E-state index in [1.807, 2.05) is 31.2 Å². The van der Waals surface area contributed by atoms with Crippen LogP contribution in [-0.4, -0.2) is 41.8 Å². The number of halogens is 1. The first-order chi connectivity index (χ1) is 15.0. The maximum absolute atomic E-state index is 14.0. The average Bonchev–Trinajstić information content (AvgIpc) is 3.45. The first-order valence-electron chi connectivity index (χ1n) is 10.8. The number of nitrogens with zero attached hydrogens (tertiary/aromatic N) is 3. The fourth-order valence-electron chi connectivity index (χ4n) is 6.52. The molecule has 4 aliphatic rings. The number of imide groups is 1. The molecule has 4 heterocycles. The van der Waals surface area contributed by atoms with Crippen LogP contribution in [0.5, 0.6) is 0 Å². The minimum Gasteiger partial charge on any atom is -0.310 e. The van der Waals surface area contributed by atoms with Gasteiger partial charge < -0.3 is 4.90 Å². The monoisotopic (exact) mass is 435 g/mol. The first kappa shape index (κ1) is 19.0. The molecule has 4 atom stereocenters. The zero-order chi connectivity index (χ0) is 21.5. The largest absolute Gasteiger partial charge is 0.310 e. The molecule has 1 spiro atoms. The number of anilines is 2. The summed E-state index contributed by atoms with van der Waals surface area (Å²) < 4.78 is 0. The maximum atomic E-state index is 14.0. The first-order valence-corrected chi connectivity index (χ1v) is 11.2. The highest BCUT2D eigenvalue weighted by Gasteiger charge is 2.75. The van der Waals surface area contributed by atoms with Gasteiger partial charge in [0.25, 0.3) is 5.91 Å². The third-order valence-electron chi connectivity index (χ3n) is 7.53. The standard InChI is InChI=1S/C24H22ClN3O3/c1-2-26-17-10-4-3-9-16(17)24(23(26)31)20-19(18-11-6-12-27(18)24)21(29)28(22(20)30)15-8-5-7-14(25)13-15/h3-5,7-10,13,18-20H,2,6,11-12H2,1H3/t18-,19+,20-,24-/m0/s1. The average molecular weight is 436 g/mol. The van der Waals surface area contributed by atoms with Crippen LogP contribution in [0.3, 0.4) is 0 Å². The predicted octanol–water partition coefficient (Wildman–Crippen LogP) is 3.19. The van der Waals surface area contributed by atoms with Crippen LogP contribution in [0, 0.1) is 11.8 Å². The van der Waals surface area contributed by atoms with E-state index >= 15 is 0 Å². The number of likely N-dealkylation sites (N-methyl/N-ethyl adjacent to an activating group) is 1. The lowest BCUT2D eigenvalue weighted by atomic mass is 9.75. The zero-order valence-electron chi connectivity index (χ0n) is 17.1. The molecule has 6 nitrogen and oxygen atoms in total. The molecule has 0 unspecified atom stereocenters. The summed E-state index contributed by atoms with van der Waals surface area (Å²) >= 11 is 6.16. The van der Waals surface area contributed by atoms with Gasteiger partial charge in [-0.1, -0.05) is 35.9 Å². The predicted molar refractivity (Wildman–Crippen MR) is 117 cm³/mol. The van der Waals surface area contributed by atoms with Crippen LogP contribution in [0.25, 0.3) is 0 Å². The van der Waals surface area contributed by atoms with E-state index in [9.17, 15) is 14.4 Å². The number of carbonyl (C=O) groups is 3. The highest BCUT2D eigenvalue weighted by atomic mass is 35.5. The van der Waals surface area contributed by atoms with Crippen molar-refractivity contribution in [3.8, 4) is 0 Å². The molecule has 0 bridgehead atoms. The molecule has 0 N–H and O–H groups in total. The van der Waals surface area contributed by atoms with Crippen LogP contribution < -0.4 is 9.80 Å². The lowest BCUT2D eigenvalue weighted by Crippen LogP contribution is -2.56. The Hall–Kier alpha value is -2.70. The molecule has 31 heavy (non-hydrogen) atoms. The molecule has 0 radical (unpaired) electrons. The van der Waals surface area contributed by atoms with Crippen molar-refractivity contribution in [2.75, 3.05) is 22.9 Å². The van der Waals surface area contributed by atoms with Crippen molar-refractivity contribution in [2.24, 2.45) is 11.8 Å². The van der Waals surface area contributed by atoms with Gasteiger partial charge in [0, 0.05) is 28.9 Å². The minimum absolute atomic E-state index is 0.0790. The van der Waals surface area contributed by atoms with E-state index in [4.69, 9.17) is 11.6 Å². The van der Waals surface area contributed by atoms with Gasteiger partial charge in [-0.05, 0) is 50.6 Å². The van der Waals surface area contributed by atoms with E-state index < -0.39 is 17.4 Å². The smallest absolute Gasteiger partial charge is 0.253 e. The van der Waals surface area contributed by atoms with Crippen LogP contribution in [0.4, 0.5) is 11.4 Å². The Morgan fingerprint density at radius 2 is 1.87 bits per heavy atom. The highest BCUT2D eigenvalue weighted by molar-refractivity contribution is 6.31. The second-order valence-corrected chi connectivity index (χ2v) is 9.17. The van der Waals surface area contributed by atoms with Gasteiger partial charge in [-0.3, -0.25) is 19.3 Å². The SMILES string of the molecule is CCN1C(=O)[C@]2(c3ccccc31)[C@@H]1C(=O)N(c3cccc(Cl)c3)C(=O)[C@@H]1[C@@H]1CCCN12. The van der Waals surface area contributed by atoms with Gasteiger partial charge in [0.05, 0.1) is 17.5 Å². The number of hydrogen-bond acceptors (Lipinski definition) is 4. The van der Waals surface area contributed by atoms with Crippen LogP contribution >= 0.6 is 11.6 Å². The third kappa shape index (κ3) is 2.14. The molecule has 3 amide bonds. The fraction of sp³-hybridized carbons (Fsp3) is 0.375. The number of benzene rings is 2. The lowest BCUT2D eigenvalue weighted by molar-refractivity contribution is -0.137. The van der Waals surface area contributed by atoms with Gasteiger partial charge in [0.15, 0.2) is 0 Å². The molecule has 7 heteroatoms. The fourth-order valence-corrected chi connectivity index (χ4v) is 6.71. The van der Waals surface area contributed by atoms with Crippen LogP contribution in [0.15, 0.2) is 48.5 Å².